The number of rotatable bonds is 5. The lowest BCUT2D eigenvalue weighted by Gasteiger charge is -2.07. The van der Waals surface area contributed by atoms with Gasteiger partial charge in [0.25, 0.3) is 0 Å². The number of nitrogens with one attached hydrogen (secondary N) is 2. The van der Waals surface area contributed by atoms with Gasteiger partial charge in [-0.3, -0.25) is 9.59 Å². The van der Waals surface area contributed by atoms with Gasteiger partial charge in [-0.05, 0) is 61.4 Å². The predicted octanol–water partition coefficient (Wildman–Crippen LogP) is 4.36. The van der Waals surface area contributed by atoms with Crippen molar-refractivity contribution in [3.05, 3.63) is 72.0 Å². The predicted molar refractivity (Wildman–Crippen MR) is 103 cm³/mol. The van der Waals surface area contributed by atoms with Gasteiger partial charge in [0, 0.05) is 16.8 Å². The molecule has 0 aliphatic heterocycles. The number of fused-ring (bicyclic) bond motifs is 1. The second-order valence-corrected chi connectivity index (χ2v) is 6.11. The monoisotopic (exact) mass is 348 g/mol. The van der Waals surface area contributed by atoms with Crippen molar-refractivity contribution in [2.24, 2.45) is 0 Å². The lowest BCUT2D eigenvalue weighted by atomic mass is 10.1. The van der Waals surface area contributed by atoms with E-state index in [1.54, 1.807) is 12.1 Å². The zero-order chi connectivity index (χ0) is 18.7. The number of anilines is 2. The molecule has 26 heavy (non-hydrogen) atoms. The Labute approximate surface area is 151 Å². The molecule has 0 bridgehead atoms. The van der Waals surface area contributed by atoms with E-state index in [1.807, 2.05) is 44.2 Å². The smallest absolute Gasteiger partial charge is 0.247 e. The van der Waals surface area contributed by atoms with Crippen LogP contribution in [0, 0.1) is 13.8 Å². The average Bonchev–Trinajstić information content (AvgIpc) is 2.91. The van der Waals surface area contributed by atoms with E-state index in [0.29, 0.717) is 5.69 Å². The van der Waals surface area contributed by atoms with Crippen LogP contribution in [0.1, 0.15) is 16.9 Å². The van der Waals surface area contributed by atoms with Crippen molar-refractivity contribution in [1.29, 1.82) is 0 Å². The minimum Gasteiger partial charge on any atom is -0.461 e. The molecule has 3 aromatic rings. The summed E-state index contributed by atoms with van der Waals surface area (Å²) in [6.45, 7) is 7.33. The van der Waals surface area contributed by atoms with E-state index in [9.17, 15) is 9.59 Å². The quantitative estimate of drug-likeness (QED) is 0.673. The van der Waals surface area contributed by atoms with Crippen molar-refractivity contribution in [3.8, 4) is 0 Å². The van der Waals surface area contributed by atoms with E-state index in [-0.39, 0.29) is 18.2 Å². The van der Waals surface area contributed by atoms with Crippen LogP contribution >= 0.6 is 0 Å². The summed E-state index contributed by atoms with van der Waals surface area (Å²) in [5.74, 6) is 0.507. The highest BCUT2D eigenvalue weighted by molar-refractivity contribution is 5.99. The Kier molecular flexibility index (Phi) is 4.89. The first kappa shape index (κ1) is 17.5. The minimum absolute atomic E-state index is 0.106. The van der Waals surface area contributed by atoms with Gasteiger partial charge in [-0.15, -0.1) is 0 Å². The molecule has 1 heterocycles. The van der Waals surface area contributed by atoms with E-state index in [4.69, 9.17) is 4.42 Å². The molecule has 0 fully saturated rings. The Morgan fingerprint density at radius 3 is 2.42 bits per heavy atom. The van der Waals surface area contributed by atoms with E-state index in [0.717, 1.165) is 33.5 Å². The topological polar surface area (TPSA) is 71.3 Å². The molecule has 0 aliphatic carbocycles. The molecule has 0 spiro atoms. The van der Waals surface area contributed by atoms with Crippen LogP contribution in [0.3, 0.4) is 0 Å². The van der Waals surface area contributed by atoms with Crippen LogP contribution in [0.5, 0.6) is 0 Å². The molecule has 3 rings (SSSR count). The number of carbonyl (C=O) groups is 2. The average molecular weight is 348 g/mol. The molecule has 2 N–H and O–H groups in total. The highest BCUT2D eigenvalue weighted by atomic mass is 16.3. The molecule has 0 radical (unpaired) electrons. The second kappa shape index (κ2) is 7.27. The largest absolute Gasteiger partial charge is 0.461 e. The highest BCUT2D eigenvalue weighted by Crippen LogP contribution is 2.27. The summed E-state index contributed by atoms with van der Waals surface area (Å²) in [6.07, 6.45) is 1.46. The minimum atomic E-state index is -0.268. The van der Waals surface area contributed by atoms with Crippen LogP contribution in [0.4, 0.5) is 11.4 Å². The van der Waals surface area contributed by atoms with Gasteiger partial charge in [0.15, 0.2) is 0 Å². The van der Waals surface area contributed by atoms with Crippen LogP contribution in [0.15, 0.2) is 59.5 Å². The Morgan fingerprint density at radius 1 is 1.04 bits per heavy atom. The standard InChI is InChI=1S/C21H20N2O3/c1-4-20(24)22-16-7-5-15(6-8-16)11-21(25)23-17-9-10-19-18(12-17)13(2)14(3)26-19/h4-10,12H,1,11H2,2-3H3,(H,22,24)(H,23,25). The zero-order valence-corrected chi connectivity index (χ0v) is 14.8. The maximum Gasteiger partial charge on any atom is 0.247 e. The zero-order valence-electron chi connectivity index (χ0n) is 14.8. The maximum absolute atomic E-state index is 12.3. The number of furan rings is 1. The van der Waals surface area contributed by atoms with Gasteiger partial charge < -0.3 is 15.1 Å². The third-order valence-electron chi connectivity index (χ3n) is 4.23. The molecule has 1 aromatic heterocycles. The van der Waals surface area contributed by atoms with Crippen molar-refractivity contribution >= 4 is 34.2 Å². The van der Waals surface area contributed by atoms with Crippen molar-refractivity contribution in [1.82, 2.24) is 0 Å². The van der Waals surface area contributed by atoms with Gasteiger partial charge >= 0.3 is 0 Å². The van der Waals surface area contributed by atoms with E-state index in [1.165, 1.54) is 6.08 Å². The van der Waals surface area contributed by atoms with Crippen LogP contribution in [0.2, 0.25) is 0 Å². The lowest BCUT2D eigenvalue weighted by molar-refractivity contribution is -0.115. The van der Waals surface area contributed by atoms with Crippen molar-refractivity contribution in [2.45, 2.75) is 20.3 Å². The number of amides is 2. The van der Waals surface area contributed by atoms with Gasteiger partial charge in [-0.1, -0.05) is 18.7 Å². The molecule has 0 saturated carbocycles. The molecule has 5 nitrogen and oxygen atoms in total. The van der Waals surface area contributed by atoms with Gasteiger partial charge in [-0.25, -0.2) is 0 Å². The number of carbonyl (C=O) groups excluding carboxylic acids is 2. The summed E-state index contributed by atoms with van der Waals surface area (Å²) in [6, 6.07) is 12.8. The number of hydrogen-bond acceptors (Lipinski definition) is 3. The number of hydrogen-bond donors (Lipinski definition) is 2. The summed E-state index contributed by atoms with van der Waals surface area (Å²) in [7, 11) is 0. The van der Waals surface area contributed by atoms with E-state index >= 15 is 0 Å². The van der Waals surface area contributed by atoms with Crippen LogP contribution < -0.4 is 10.6 Å². The lowest BCUT2D eigenvalue weighted by Crippen LogP contribution is -2.14. The van der Waals surface area contributed by atoms with Gasteiger partial charge in [0.1, 0.15) is 11.3 Å². The van der Waals surface area contributed by atoms with Crippen LogP contribution in [0.25, 0.3) is 11.0 Å². The maximum atomic E-state index is 12.3. The molecule has 5 heteroatoms. The summed E-state index contributed by atoms with van der Waals surface area (Å²) in [4.78, 5) is 23.6. The Morgan fingerprint density at radius 2 is 1.73 bits per heavy atom. The fourth-order valence-electron chi connectivity index (χ4n) is 2.71. The number of aryl methyl sites for hydroxylation is 2. The molecule has 0 unspecified atom stereocenters. The van der Waals surface area contributed by atoms with Crippen molar-refractivity contribution in [3.63, 3.8) is 0 Å². The van der Waals surface area contributed by atoms with E-state index < -0.39 is 0 Å². The summed E-state index contributed by atoms with van der Waals surface area (Å²) in [5, 5.41) is 6.58. The van der Waals surface area contributed by atoms with Gasteiger partial charge in [0.05, 0.1) is 6.42 Å². The Balaban J connectivity index is 1.66. The molecule has 2 aromatic carbocycles. The first-order valence-electron chi connectivity index (χ1n) is 8.28. The summed E-state index contributed by atoms with van der Waals surface area (Å²) >= 11 is 0. The molecular weight excluding hydrogens is 328 g/mol. The fraction of sp³-hybridized carbons (Fsp3) is 0.143. The summed E-state index contributed by atoms with van der Waals surface area (Å²) in [5.41, 5.74) is 4.15. The van der Waals surface area contributed by atoms with Crippen molar-refractivity contribution in [2.75, 3.05) is 10.6 Å². The molecule has 2 amide bonds. The molecule has 0 atom stereocenters. The van der Waals surface area contributed by atoms with Crippen molar-refractivity contribution < 1.29 is 14.0 Å². The summed E-state index contributed by atoms with van der Waals surface area (Å²) < 4.78 is 5.65. The normalized spacial score (nSPS) is 10.5. The third kappa shape index (κ3) is 3.83. The molecule has 132 valence electrons. The fourth-order valence-corrected chi connectivity index (χ4v) is 2.71. The first-order valence-corrected chi connectivity index (χ1v) is 8.28. The molecule has 0 saturated heterocycles. The Bertz CT molecular complexity index is 984. The highest BCUT2D eigenvalue weighted by Gasteiger charge is 2.09. The van der Waals surface area contributed by atoms with E-state index in [2.05, 4.69) is 17.2 Å². The van der Waals surface area contributed by atoms with Crippen LogP contribution in [-0.2, 0) is 16.0 Å². The first-order chi connectivity index (χ1) is 12.5. The van der Waals surface area contributed by atoms with Gasteiger partial charge in [-0.2, -0.15) is 0 Å². The van der Waals surface area contributed by atoms with Gasteiger partial charge in [0.2, 0.25) is 11.8 Å². The second-order valence-electron chi connectivity index (χ2n) is 6.11. The molecular formula is C21H20N2O3. The SMILES string of the molecule is C=CC(=O)Nc1ccc(CC(=O)Nc2ccc3oc(C)c(C)c3c2)cc1. The number of benzene rings is 2. The Hall–Kier alpha value is -3.34. The third-order valence-corrected chi connectivity index (χ3v) is 4.23. The van der Waals surface area contributed by atoms with Crippen LogP contribution in [-0.4, -0.2) is 11.8 Å². The molecule has 0 aliphatic rings.